The van der Waals surface area contributed by atoms with Crippen molar-refractivity contribution in [3.05, 3.63) is 34.2 Å². The van der Waals surface area contributed by atoms with E-state index in [4.69, 9.17) is 0 Å². The molecule has 5 nitrogen and oxygen atoms in total. The smallest absolute Gasteiger partial charge is 0.260 e. The van der Waals surface area contributed by atoms with Gasteiger partial charge in [-0.05, 0) is 44.5 Å². The highest BCUT2D eigenvalue weighted by Gasteiger charge is 2.26. The molecule has 0 saturated carbocycles. The second-order valence-electron chi connectivity index (χ2n) is 4.89. The number of nitrogens with one attached hydrogen (secondary N) is 2. The van der Waals surface area contributed by atoms with Crippen LogP contribution in [-0.4, -0.2) is 41.5 Å². The monoisotopic (exact) mass is 263 g/mol. The van der Waals surface area contributed by atoms with Crippen molar-refractivity contribution in [1.82, 2.24) is 15.2 Å². The number of amides is 1. The number of nitrogens with zero attached hydrogens (tertiary/aromatic N) is 1. The van der Waals surface area contributed by atoms with E-state index in [-0.39, 0.29) is 23.1 Å². The lowest BCUT2D eigenvalue weighted by atomic mass is 10.0. The van der Waals surface area contributed by atoms with Crippen LogP contribution in [0.4, 0.5) is 0 Å². The molecule has 0 bridgehead atoms. The number of H-pyrrole nitrogens is 1. The highest BCUT2D eigenvalue weighted by molar-refractivity contribution is 5.94. The molecule has 0 atom stereocenters. The number of aromatic nitrogens is 1. The summed E-state index contributed by atoms with van der Waals surface area (Å²) in [5.74, 6) is -0.143. The van der Waals surface area contributed by atoms with Crippen LogP contribution in [0.5, 0.6) is 0 Å². The molecule has 2 rings (SSSR count). The van der Waals surface area contributed by atoms with E-state index in [2.05, 4.69) is 17.2 Å². The molecule has 0 spiro atoms. The second-order valence-corrected chi connectivity index (χ2v) is 4.89. The average Bonchev–Trinajstić information content (AvgIpc) is 2.45. The fourth-order valence-electron chi connectivity index (χ4n) is 2.55. The predicted octanol–water partition coefficient (Wildman–Crippen LogP) is 0.979. The number of carbonyl (C=O) groups is 1. The molecular formula is C14H21N3O2. The van der Waals surface area contributed by atoms with Crippen LogP contribution in [0.2, 0.25) is 0 Å². The number of carbonyl (C=O) groups excluding carboxylic acids is 1. The maximum atomic E-state index is 12.5. The third-order valence-electron chi connectivity index (χ3n) is 3.52. The first-order chi connectivity index (χ1) is 9.24. The van der Waals surface area contributed by atoms with Crippen molar-refractivity contribution in [1.29, 1.82) is 0 Å². The van der Waals surface area contributed by atoms with Gasteiger partial charge in [-0.15, -0.1) is 0 Å². The maximum absolute atomic E-state index is 12.5. The van der Waals surface area contributed by atoms with E-state index in [0.717, 1.165) is 32.4 Å². The van der Waals surface area contributed by atoms with Crippen molar-refractivity contribution in [3.63, 3.8) is 0 Å². The highest BCUT2D eigenvalue weighted by atomic mass is 16.2. The van der Waals surface area contributed by atoms with Gasteiger partial charge in [0.2, 0.25) is 0 Å². The molecule has 0 aromatic carbocycles. The quantitative estimate of drug-likeness (QED) is 0.851. The van der Waals surface area contributed by atoms with E-state index >= 15 is 0 Å². The van der Waals surface area contributed by atoms with E-state index in [9.17, 15) is 9.59 Å². The van der Waals surface area contributed by atoms with Crippen molar-refractivity contribution in [3.8, 4) is 0 Å². The van der Waals surface area contributed by atoms with E-state index in [1.807, 2.05) is 4.90 Å². The summed E-state index contributed by atoms with van der Waals surface area (Å²) in [6.45, 7) is 4.63. The molecule has 2 heterocycles. The summed E-state index contributed by atoms with van der Waals surface area (Å²) < 4.78 is 0. The summed E-state index contributed by atoms with van der Waals surface area (Å²) in [4.78, 5) is 28.7. The SMILES string of the molecule is CCCN(C(=O)c1ccc[nH]c1=O)C1CCNCC1. The molecule has 19 heavy (non-hydrogen) atoms. The lowest BCUT2D eigenvalue weighted by Gasteiger charge is -2.34. The Morgan fingerprint density at radius 3 is 2.79 bits per heavy atom. The second kappa shape index (κ2) is 6.52. The predicted molar refractivity (Wildman–Crippen MR) is 74.3 cm³/mol. The first-order valence-corrected chi connectivity index (χ1v) is 6.93. The third-order valence-corrected chi connectivity index (χ3v) is 3.52. The fraction of sp³-hybridized carbons (Fsp3) is 0.571. The Balaban J connectivity index is 2.20. The molecule has 104 valence electrons. The number of hydrogen-bond donors (Lipinski definition) is 2. The molecule has 2 N–H and O–H groups in total. The Hall–Kier alpha value is -1.62. The summed E-state index contributed by atoms with van der Waals surface area (Å²) in [5, 5.41) is 3.30. The van der Waals surface area contributed by atoms with Crippen molar-refractivity contribution in [2.24, 2.45) is 0 Å². The standard InChI is InChI=1S/C14H21N3O2/c1-2-10-17(11-5-8-15-9-6-11)14(19)12-4-3-7-16-13(12)18/h3-4,7,11,15H,2,5-6,8-10H2,1H3,(H,16,18). The van der Waals surface area contributed by atoms with Gasteiger partial charge in [0.15, 0.2) is 0 Å². The molecular weight excluding hydrogens is 242 g/mol. The minimum atomic E-state index is -0.303. The van der Waals surface area contributed by atoms with Crippen LogP contribution in [0.3, 0.4) is 0 Å². The Morgan fingerprint density at radius 2 is 2.16 bits per heavy atom. The topological polar surface area (TPSA) is 65.2 Å². The summed E-state index contributed by atoms with van der Waals surface area (Å²) in [5.41, 5.74) is -0.0583. The van der Waals surface area contributed by atoms with Crippen LogP contribution in [-0.2, 0) is 0 Å². The van der Waals surface area contributed by atoms with Gasteiger partial charge in [-0.1, -0.05) is 6.92 Å². The van der Waals surface area contributed by atoms with E-state index in [1.54, 1.807) is 18.3 Å². The number of rotatable bonds is 4. The van der Waals surface area contributed by atoms with Gasteiger partial charge in [-0.25, -0.2) is 0 Å². The van der Waals surface area contributed by atoms with Crippen LogP contribution in [0, 0.1) is 0 Å². The molecule has 1 aliphatic rings. The van der Waals surface area contributed by atoms with Gasteiger partial charge >= 0.3 is 0 Å². The van der Waals surface area contributed by atoms with Gasteiger partial charge in [-0.2, -0.15) is 0 Å². The molecule has 5 heteroatoms. The first kappa shape index (κ1) is 13.8. The Morgan fingerprint density at radius 1 is 1.42 bits per heavy atom. The lowest BCUT2D eigenvalue weighted by Crippen LogP contribution is -2.47. The molecule has 1 aromatic heterocycles. The maximum Gasteiger partial charge on any atom is 0.260 e. The molecule has 1 amide bonds. The molecule has 1 aromatic rings. The zero-order valence-electron chi connectivity index (χ0n) is 11.3. The van der Waals surface area contributed by atoms with Crippen molar-refractivity contribution in [2.45, 2.75) is 32.2 Å². The Labute approximate surface area is 113 Å². The number of hydrogen-bond acceptors (Lipinski definition) is 3. The van der Waals surface area contributed by atoms with Crippen LogP contribution in [0.1, 0.15) is 36.5 Å². The summed E-state index contributed by atoms with van der Waals surface area (Å²) in [6, 6.07) is 3.54. The van der Waals surface area contributed by atoms with Crippen LogP contribution in [0.15, 0.2) is 23.1 Å². The van der Waals surface area contributed by atoms with Crippen LogP contribution >= 0.6 is 0 Å². The van der Waals surface area contributed by atoms with Gasteiger partial charge in [-0.3, -0.25) is 9.59 Å². The lowest BCUT2D eigenvalue weighted by molar-refractivity contribution is 0.0641. The van der Waals surface area contributed by atoms with Crippen molar-refractivity contribution < 1.29 is 4.79 Å². The van der Waals surface area contributed by atoms with Crippen LogP contribution < -0.4 is 10.9 Å². The average molecular weight is 263 g/mol. The highest BCUT2D eigenvalue weighted by Crippen LogP contribution is 2.14. The summed E-state index contributed by atoms with van der Waals surface area (Å²) >= 11 is 0. The molecule has 0 radical (unpaired) electrons. The molecule has 1 aliphatic heterocycles. The molecule has 0 unspecified atom stereocenters. The van der Waals surface area contributed by atoms with Gasteiger partial charge < -0.3 is 15.2 Å². The number of aromatic amines is 1. The summed E-state index contributed by atoms with van der Waals surface area (Å²) in [6.07, 6.45) is 4.36. The largest absolute Gasteiger partial charge is 0.335 e. The molecule has 0 aliphatic carbocycles. The number of pyridine rings is 1. The van der Waals surface area contributed by atoms with E-state index in [1.165, 1.54) is 0 Å². The minimum Gasteiger partial charge on any atom is -0.335 e. The van der Waals surface area contributed by atoms with Crippen LogP contribution in [0.25, 0.3) is 0 Å². The fourth-order valence-corrected chi connectivity index (χ4v) is 2.55. The Kier molecular flexibility index (Phi) is 4.74. The number of piperidine rings is 1. The molecule has 1 fully saturated rings. The van der Waals surface area contributed by atoms with Gasteiger partial charge in [0, 0.05) is 18.8 Å². The normalized spacial score (nSPS) is 16.3. The van der Waals surface area contributed by atoms with Gasteiger partial charge in [0.1, 0.15) is 5.56 Å². The van der Waals surface area contributed by atoms with E-state index < -0.39 is 0 Å². The van der Waals surface area contributed by atoms with Crippen molar-refractivity contribution in [2.75, 3.05) is 19.6 Å². The third kappa shape index (κ3) is 3.23. The van der Waals surface area contributed by atoms with Gasteiger partial charge in [0.05, 0.1) is 0 Å². The zero-order chi connectivity index (χ0) is 13.7. The summed E-state index contributed by atoms with van der Waals surface area (Å²) in [7, 11) is 0. The van der Waals surface area contributed by atoms with E-state index in [0.29, 0.717) is 6.54 Å². The van der Waals surface area contributed by atoms with Crippen molar-refractivity contribution >= 4 is 5.91 Å². The first-order valence-electron chi connectivity index (χ1n) is 6.93. The van der Waals surface area contributed by atoms with Gasteiger partial charge in [0.25, 0.3) is 11.5 Å². The zero-order valence-corrected chi connectivity index (χ0v) is 11.3. The Bertz CT molecular complexity index is 478. The molecule has 1 saturated heterocycles. The minimum absolute atomic E-state index is 0.143.